The van der Waals surface area contributed by atoms with Gasteiger partial charge in [0.1, 0.15) is 0 Å². The lowest BCUT2D eigenvalue weighted by atomic mass is 10.1. The van der Waals surface area contributed by atoms with Crippen LogP contribution in [-0.4, -0.2) is 55.1 Å². The molecule has 0 aliphatic carbocycles. The zero-order valence-corrected chi connectivity index (χ0v) is 12.5. The lowest BCUT2D eigenvalue weighted by Crippen LogP contribution is -2.36. The zero-order chi connectivity index (χ0) is 13.2. The first-order chi connectivity index (χ1) is 8.77. The van der Waals surface area contributed by atoms with Gasteiger partial charge < -0.3 is 10.6 Å². The van der Waals surface area contributed by atoms with Crippen molar-refractivity contribution in [1.29, 1.82) is 0 Å². The SMILES string of the molecule is CCCC(C)N1CCCN(CCCCCN)CC1. The highest BCUT2D eigenvalue weighted by Crippen LogP contribution is 2.11. The van der Waals surface area contributed by atoms with Crippen LogP contribution < -0.4 is 5.73 Å². The second-order valence-corrected chi connectivity index (χ2v) is 5.72. The third kappa shape index (κ3) is 6.17. The molecule has 1 fully saturated rings. The number of nitrogens with zero attached hydrogens (tertiary/aromatic N) is 2. The van der Waals surface area contributed by atoms with Crippen LogP contribution >= 0.6 is 0 Å². The van der Waals surface area contributed by atoms with E-state index in [-0.39, 0.29) is 0 Å². The summed E-state index contributed by atoms with van der Waals surface area (Å²) in [5.41, 5.74) is 5.53. The van der Waals surface area contributed by atoms with E-state index < -0.39 is 0 Å². The summed E-state index contributed by atoms with van der Waals surface area (Å²) >= 11 is 0. The van der Waals surface area contributed by atoms with Crippen LogP contribution in [0.3, 0.4) is 0 Å². The Morgan fingerprint density at radius 3 is 2.61 bits per heavy atom. The predicted molar refractivity (Wildman–Crippen MR) is 79.9 cm³/mol. The predicted octanol–water partition coefficient (Wildman–Crippen LogP) is 2.31. The van der Waals surface area contributed by atoms with Gasteiger partial charge in [0.25, 0.3) is 0 Å². The highest BCUT2D eigenvalue weighted by molar-refractivity contribution is 4.74. The van der Waals surface area contributed by atoms with Gasteiger partial charge in [-0.25, -0.2) is 0 Å². The molecule has 18 heavy (non-hydrogen) atoms. The van der Waals surface area contributed by atoms with E-state index in [0.717, 1.165) is 12.6 Å². The summed E-state index contributed by atoms with van der Waals surface area (Å²) in [4.78, 5) is 5.33. The Hall–Kier alpha value is -0.120. The fourth-order valence-corrected chi connectivity index (χ4v) is 2.91. The minimum Gasteiger partial charge on any atom is -0.330 e. The molecule has 108 valence electrons. The molecular weight excluding hydrogens is 222 g/mol. The Kier molecular flexibility index (Phi) is 8.64. The fourth-order valence-electron chi connectivity index (χ4n) is 2.91. The molecule has 1 saturated heterocycles. The first kappa shape index (κ1) is 15.9. The summed E-state index contributed by atoms with van der Waals surface area (Å²) in [7, 11) is 0. The second kappa shape index (κ2) is 9.76. The average Bonchev–Trinajstić information content (AvgIpc) is 2.60. The van der Waals surface area contributed by atoms with Crippen LogP contribution in [0.4, 0.5) is 0 Å². The molecule has 1 rings (SSSR count). The summed E-state index contributed by atoms with van der Waals surface area (Å²) in [6, 6.07) is 0.771. The van der Waals surface area contributed by atoms with Gasteiger partial charge in [0.15, 0.2) is 0 Å². The van der Waals surface area contributed by atoms with Crippen LogP contribution in [0.15, 0.2) is 0 Å². The second-order valence-electron chi connectivity index (χ2n) is 5.72. The molecule has 0 bridgehead atoms. The Balaban J connectivity index is 2.19. The van der Waals surface area contributed by atoms with Gasteiger partial charge in [-0.2, -0.15) is 0 Å². The van der Waals surface area contributed by atoms with Gasteiger partial charge in [0.2, 0.25) is 0 Å². The molecule has 2 N–H and O–H groups in total. The van der Waals surface area contributed by atoms with Crippen LogP contribution in [0.25, 0.3) is 0 Å². The Bertz CT molecular complexity index is 196. The normalized spacial score (nSPS) is 20.8. The van der Waals surface area contributed by atoms with Crippen molar-refractivity contribution < 1.29 is 0 Å². The van der Waals surface area contributed by atoms with E-state index >= 15 is 0 Å². The first-order valence-corrected chi connectivity index (χ1v) is 7.94. The van der Waals surface area contributed by atoms with E-state index in [1.165, 1.54) is 71.2 Å². The van der Waals surface area contributed by atoms with Gasteiger partial charge in [0.05, 0.1) is 0 Å². The van der Waals surface area contributed by atoms with Gasteiger partial charge >= 0.3 is 0 Å². The molecular formula is C15H33N3. The van der Waals surface area contributed by atoms with Gasteiger partial charge in [-0.05, 0) is 58.8 Å². The van der Waals surface area contributed by atoms with Crippen LogP contribution in [-0.2, 0) is 0 Å². The maximum atomic E-state index is 5.53. The van der Waals surface area contributed by atoms with Crippen LogP contribution in [0.1, 0.15) is 52.4 Å². The van der Waals surface area contributed by atoms with Crippen molar-refractivity contribution in [3.8, 4) is 0 Å². The monoisotopic (exact) mass is 255 g/mol. The number of hydrogen-bond acceptors (Lipinski definition) is 3. The minimum atomic E-state index is 0.771. The largest absolute Gasteiger partial charge is 0.330 e. The molecule has 0 aromatic carbocycles. The zero-order valence-electron chi connectivity index (χ0n) is 12.5. The number of rotatable bonds is 8. The number of unbranched alkanes of at least 4 members (excludes halogenated alkanes) is 2. The summed E-state index contributed by atoms with van der Waals surface area (Å²) < 4.78 is 0. The summed E-state index contributed by atoms with van der Waals surface area (Å²) in [6.07, 6.45) is 7.79. The third-order valence-electron chi connectivity index (χ3n) is 4.13. The molecule has 0 spiro atoms. The summed E-state index contributed by atoms with van der Waals surface area (Å²) in [5, 5.41) is 0. The lowest BCUT2D eigenvalue weighted by Gasteiger charge is -2.27. The van der Waals surface area contributed by atoms with Gasteiger partial charge in [-0.3, -0.25) is 4.90 Å². The van der Waals surface area contributed by atoms with Crippen molar-refractivity contribution in [2.24, 2.45) is 5.73 Å². The first-order valence-electron chi connectivity index (χ1n) is 7.94. The highest BCUT2D eigenvalue weighted by atomic mass is 15.2. The molecule has 3 nitrogen and oxygen atoms in total. The maximum absolute atomic E-state index is 5.53. The average molecular weight is 255 g/mol. The topological polar surface area (TPSA) is 32.5 Å². The van der Waals surface area contributed by atoms with Crippen molar-refractivity contribution in [3.05, 3.63) is 0 Å². The van der Waals surface area contributed by atoms with Gasteiger partial charge in [-0.15, -0.1) is 0 Å². The minimum absolute atomic E-state index is 0.771. The molecule has 1 aliphatic rings. The fraction of sp³-hybridized carbons (Fsp3) is 1.00. The van der Waals surface area contributed by atoms with Crippen molar-refractivity contribution in [2.45, 2.75) is 58.4 Å². The third-order valence-corrected chi connectivity index (χ3v) is 4.13. The van der Waals surface area contributed by atoms with Gasteiger partial charge in [0, 0.05) is 19.1 Å². The lowest BCUT2D eigenvalue weighted by molar-refractivity contribution is 0.199. The molecule has 0 saturated carbocycles. The Morgan fingerprint density at radius 2 is 1.89 bits per heavy atom. The quantitative estimate of drug-likeness (QED) is 0.676. The standard InChI is InChI=1S/C15H33N3/c1-3-8-15(2)18-12-7-11-17(13-14-18)10-6-4-5-9-16/h15H,3-14,16H2,1-2H3. The Labute approximate surface area is 114 Å². The van der Waals surface area contributed by atoms with E-state index in [1.54, 1.807) is 0 Å². The van der Waals surface area contributed by atoms with E-state index in [9.17, 15) is 0 Å². The molecule has 1 heterocycles. The van der Waals surface area contributed by atoms with E-state index in [4.69, 9.17) is 5.73 Å². The van der Waals surface area contributed by atoms with Crippen LogP contribution in [0, 0.1) is 0 Å². The van der Waals surface area contributed by atoms with E-state index in [0.29, 0.717) is 0 Å². The van der Waals surface area contributed by atoms with E-state index in [2.05, 4.69) is 23.6 Å². The van der Waals surface area contributed by atoms with Crippen LogP contribution in [0.5, 0.6) is 0 Å². The van der Waals surface area contributed by atoms with Crippen molar-refractivity contribution in [1.82, 2.24) is 9.80 Å². The molecule has 0 radical (unpaired) electrons. The molecule has 0 aromatic heterocycles. The smallest absolute Gasteiger partial charge is 0.0112 e. The summed E-state index contributed by atoms with van der Waals surface area (Å²) in [6.45, 7) is 11.9. The van der Waals surface area contributed by atoms with Gasteiger partial charge in [-0.1, -0.05) is 19.8 Å². The van der Waals surface area contributed by atoms with Crippen LogP contribution in [0.2, 0.25) is 0 Å². The van der Waals surface area contributed by atoms with E-state index in [1.807, 2.05) is 0 Å². The highest BCUT2D eigenvalue weighted by Gasteiger charge is 2.17. The Morgan fingerprint density at radius 1 is 1.06 bits per heavy atom. The molecule has 0 amide bonds. The summed E-state index contributed by atoms with van der Waals surface area (Å²) in [5.74, 6) is 0. The molecule has 1 unspecified atom stereocenters. The molecule has 1 atom stereocenters. The molecule has 1 aliphatic heterocycles. The molecule has 3 heteroatoms. The van der Waals surface area contributed by atoms with Crippen molar-refractivity contribution in [2.75, 3.05) is 39.3 Å². The van der Waals surface area contributed by atoms with Crippen molar-refractivity contribution >= 4 is 0 Å². The molecule has 0 aromatic rings. The number of nitrogens with two attached hydrogens (primary N) is 1. The maximum Gasteiger partial charge on any atom is 0.0112 e. The van der Waals surface area contributed by atoms with Crippen molar-refractivity contribution in [3.63, 3.8) is 0 Å². The number of hydrogen-bond donors (Lipinski definition) is 1.